The molecule has 8 heteroatoms. The van der Waals surface area contributed by atoms with Gasteiger partial charge < -0.3 is 24.2 Å². The first kappa shape index (κ1) is 27.9. The van der Waals surface area contributed by atoms with Gasteiger partial charge in [0.1, 0.15) is 29.7 Å². The van der Waals surface area contributed by atoms with Gasteiger partial charge >= 0.3 is 0 Å². The third kappa shape index (κ3) is 6.29. The average molecular weight is 534 g/mol. The Morgan fingerprint density at radius 1 is 1.03 bits per heavy atom. The van der Waals surface area contributed by atoms with Gasteiger partial charge in [-0.05, 0) is 79.9 Å². The minimum absolute atomic E-state index is 0.00742. The lowest BCUT2D eigenvalue weighted by molar-refractivity contribution is -0.140. The summed E-state index contributed by atoms with van der Waals surface area (Å²) in [6.07, 6.45) is -0.0168. The van der Waals surface area contributed by atoms with Crippen LogP contribution in [0, 0.1) is 12.7 Å². The molecule has 1 unspecified atom stereocenters. The van der Waals surface area contributed by atoms with Crippen LogP contribution in [0.5, 0.6) is 11.5 Å². The molecule has 1 atom stereocenters. The molecular formula is C31H32FNO6. The van der Waals surface area contributed by atoms with E-state index in [9.17, 15) is 19.1 Å². The minimum Gasteiger partial charge on any atom is -0.507 e. The van der Waals surface area contributed by atoms with Crippen molar-refractivity contribution in [3.05, 3.63) is 100 Å². The van der Waals surface area contributed by atoms with Crippen LogP contribution in [0.25, 0.3) is 5.76 Å². The van der Waals surface area contributed by atoms with Gasteiger partial charge in [-0.15, -0.1) is 0 Å². The molecule has 0 aliphatic carbocycles. The molecule has 0 bridgehead atoms. The molecule has 1 saturated heterocycles. The van der Waals surface area contributed by atoms with Gasteiger partial charge in [-0.3, -0.25) is 9.59 Å². The van der Waals surface area contributed by atoms with Gasteiger partial charge in [0.15, 0.2) is 0 Å². The molecule has 0 aromatic heterocycles. The fraction of sp³-hybridized carbons (Fsp3) is 0.290. The van der Waals surface area contributed by atoms with Crippen LogP contribution < -0.4 is 9.47 Å². The molecule has 0 saturated carbocycles. The number of nitrogens with zero attached hydrogens (tertiary/aromatic N) is 1. The lowest BCUT2D eigenvalue weighted by Crippen LogP contribution is -2.32. The predicted molar refractivity (Wildman–Crippen MR) is 145 cm³/mol. The summed E-state index contributed by atoms with van der Waals surface area (Å²) in [5, 5.41) is 11.3. The molecule has 4 rings (SSSR count). The number of hydrogen-bond acceptors (Lipinski definition) is 6. The zero-order chi connectivity index (χ0) is 28.1. The maximum Gasteiger partial charge on any atom is 0.295 e. The van der Waals surface area contributed by atoms with Crippen LogP contribution in [-0.2, 0) is 20.9 Å². The van der Waals surface area contributed by atoms with Gasteiger partial charge in [-0.25, -0.2) is 4.39 Å². The van der Waals surface area contributed by atoms with Crippen LogP contribution in [0.4, 0.5) is 4.39 Å². The summed E-state index contributed by atoms with van der Waals surface area (Å²) < 4.78 is 29.9. The number of likely N-dealkylation sites (tertiary alicyclic amines) is 1. The maximum atomic E-state index is 13.2. The van der Waals surface area contributed by atoms with Crippen LogP contribution in [0.1, 0.15) is 42.1 Å². The Bertz CT molecular complexity index is 1360. The van der Waals surface area contributed by atoms with E-state index in [0.29, 0.717) is 22.6 Å². The highest BCUT2D eigenvalue weighted by atomic mass is 19.1. The van der Waals surface area contributed by atoms with Crippen molar-refractivity contribution in [1.29, 1.82) is 0 Å². The number of carbonyl (C=O) groups is 2. The molecule has 3 aromatic carbocycles. The van der Waals surface area contributed by atoms with Gasteiger partial charge in [0.2, 0.25) is 0 Å². The van der Waals surface area contributed by atoms with Crippen molar-refractivity contribution in [2.45, 2.75) is 39.5 Å². The Labute approximate surface area is 227 Å². The molecule has 1 amide bonds. The van der Waals surface area contributed by atoms with Crippen molar-refractivity contribution < 1.29 is 33.3 Å². The molecule has 7 nitrogen and oxygen atoms in total. The monoisotopic (exact) mass is 533 g/mol. The molecule has 1 N–H and O–H groups in total. The van der Waals surface area contributed by atoms with Gasteiger partial charge in [-0.1, -0.05) is 24.3 Å². The number of amides is 1. The molecule has 39 heavy (non-hydrogen) atoms. The largest absolute Gasteiger partial charge is 0.507 e. The first-order valence-corrected chi connectivity index (χ1v) is 12.7. The summed E-state index contributed by atoms with van der Waals surface area (Å²) in [5.41, 5.74) is 2.66. The Hall–Kier alpha value is -4.17. The summed E-state index contributed by atoms with van der Waals surface area (Å²) in [4.78, 5) is 27.6. The maximum absolute atomic E-state index is 13.2. The third-order valence-electron chi connectivity index (χ3n) is 6.40. The highest BCUT2D eigenvalue weighted by Crippen LogP contribution is 2.40. The number of ketones is 1. The Morgan fingerprint density at radius 3 is 2.33 bits per heavy atom. The third-order valence-corrected chi connectivity index (χ3v) is 6.40. The molecule has 0 radical (unpaired) electrons. The second kappa shape index (κ2) is 12.1. The van der Waals surface area contributed by atoms with Crippen molar-refractivity contribution in [1.82, 2.24) is 4.90 Å². The number of aliphatic hydroxyl groups is 1. The van der Waals surface area contributed by atoms with E-state index >= 15 is 0 Å². The quantitative estimate of drug-likeness (QED) is 0.208. The lowest BCUT2D eigenvalue weighted by Gasteiger charge is -2.25. The number of hydrogen-bond donors (Lipinski definition) is 1. The standard InChI is InChI=1S/C31H32FNO6/c1-19(2)39-26-14-9-23(17-20(26)3)29(34)27-28(33(15-16-37-4)31(36)30(27)35)22-7-12-25(13-8-22)38-18-21-5-10-24(32)11-6-21/h5-14,17,19,28,34H,15-16,18H2,1-4H3/b29-27-. The summed E-state index contributed by atoms with van der Waals surface area (Å²) in [5.74, 6) is -0.793. The molecule has 0 spiro atoms. The number of benzene rings is 3. The first-order chi connectivity index (χ1) is 18.7. The smallest absolute Gasteiger partial charge is 0.295 e. The first-order valence-electron chi connectivity index (χ1n) is 12.7. The van der Waals surface area contributed by atoms with Gasteiger partial charge in [0.25, 0.3) is 11.7 Å². The lowest BCUT2D eigenvalue weighted by atomic mass is 9.94. The molecule has 1 aliphatic rings. The number of ether oxygens (including phenoxy) is 3. The normalized spacial score (nSPS) is 16.7. The highest BCUT2D eigenvalue weighted by Gasteiger charge is 2.45. The van der Waals surface area contributed by atoms with Crippen LogP contribution >= 0.6 is 0 Å². The van der Waals surface area contributed by atoms with Crippen molar-refractivity contribution in [2.24, 2.45) is 0 Å². The van der Waals surface area contributed by atoms with E-state index in [4.69, 9.17) is 14.2 Å². The van der Waals surface area contributed by atoms with Gasteiger partial charge in [0, 0.05) is 19.2 Å². The number of methoxy groups -OCH3 is 1. The van der Waals surface area contributed by atoms with E-state index in [1.807, 2.05) is 20.8 Å². The Morgan fingerprint density at radius 2 is 1.72 bits per heavy atom. The average Bonchev–Trinajstić information content (AvgIpc) is 3.17. The second-order valence-electron chi connectivity index (χ2n) is 9.62. The molecule has 1 fully saturated rings. The molecular weight excluding hydrogens is 501 g/mol. The molecule has 1 aliphatic heterocycles. The predicted octanol–water partition coefficient (Wildman–Crippen LogP) is 5.57. The zero-order valence-corrected chi connectivity index (χ0v) is 22.4. The van der Waals surface area contributed by atoms with Crippen LogP contribution in [0.15, 0.2) is 72.3 Å². The minimum atomic E-state index is -0.807. The fourth-order valence-electron chi connectivity index (χ4n) is 4.48. The Kier molecular flexibility index (Phi) is 8.66. The van der Waals surface area contributed by atoms with E-state index < -0.39 is 17.7 Å². The van der Waals surface area contributed by atoms with E-state index in [1.165, 1.54) is 24.1 Å². The van der Waals surface area contributed by atoms with Crippen molar-refractivity contribution in [3.8, 4) is 11.5 Å². The van der Waals surface area contributed by atoms with E-state index in [-0.39, 0.29) is 43.0 Å². The molecule has 3 aromatic rings. The van der Waals surface area contributed by atoms with Crippen molar-refractivity contribution >= 4 is 17.4 Å². The van der Waals surface area contributed by atoms with E-state index in [0.717, 1.165) is 11.1 Å². The summed E-state index contributed by atoms with van der Waals surface area (Å²) in [6, 6.07) is 17.4. The van der Waals surface area contributed by atoms with Gasteiger partial charge in [-0.2, -0.15) is 0 Å². The molecule has 204 valence electrons. The van der Waals surface area contributed by atoms with Crippen molar-refractivity contribution in [3.63, 3.8) is 0 Å². The topological polar surface area (TPSA) is 85.3 Å². The Balaban J connectivity index is 1.66. The number of carbonyl (C=O) groups excluding carboxylic acids is 2. The number of rotatable bonds is 10. The molecule has 1 heterocycles. The number of Topliss-reactive ketones (excluding diaryl/α,β-unsaturated/α-hetero) is 1. The SMILES string of the molecule is COCCN1C(=O)C(=O)/C(=C(\O)c2ccc(OC(C)C)c(C)c2)C1c1ccc(OCc2ccc(F)cc2)cc1. The highest BCUT2D eigenvalue weighted by molar-refractivity contribution is 6.46. The van der Waals surface area contributed by atoms with E-state index in [2.05, 4.69) is 0 Å². The summed E-state index contributed by atoms with van der Waals surface area (Å²) in [7, 11) is 1.52. The summed E-state index contributed by atoms with van der Waals surface area (Å²) in [6.45, 7) is 6.35. The van der Waals surface area contributed by atoms with Gasteiger partial charge in [0.05, 0.1) is 24.3 Å². The van der Waals surface area contributed by atoms with Crippen molar-refractivity contribution in [2.75, 3.05) is 20.3 Å². The summed E-state index contributed by atoms with van der Waals surface area (Å²) >= 11 is 0. The second-order valence-corrected chi connectivity index (χ2v) is 9.62. The van der Waals surface area contributed by atoms with Crippen LogP contribution in [-0.4, -0.2) is 48.1 Å². The number of aliphatic hydroxyl groups excluding tert-OH is 1. The van der Waals surface area contributed by atoms with Crippen LogP contribution in [0.3, 0.4) is 0 Å². The number of halogens is 1. The fourth-order valence-corrected chi connectivity index (χ4v) is 4.48. The number of aryl methyl sites for hydroxylation is 1. The van der Waals surface area contributed by atoms with Crippen LogP contribution in [0.2, 0.25) is 0 Å². The van der Waals surface area contributed by atoms with E-state index in [1.54, 1.807) is 54.6 Å². The zero-order valence-electron chi connectivity index (χ0n) is 22.4.